The second-order valence-corrected chi connectivity index (χ2v) is 3.92. The second-order valence-electron chi connectivity index (χ2n) is 3.92. The van der Waals surface area contributed by atoms with Crippen molar-refractivity contribution in [3.8, 4) is 0 Å². The maximum Gasteiger partial charge on any atom is 0.326 e. The zero-order valence-electron chi connectivity index (χ0n) is 9.24. The van der Waals surface area contributed by atoms with Crippen LogP contribution >= 0.6 is 0 Å². The van der Waals surface area contributed by atoms with Gasteiger partial charge in [0.25, 0.3) is 0 Å². The summed E-state index contributed by atoms with van der Waals surface area (Å²) in [4.78, 5) is 23.8. The third kappa shape index (κ3) is 2.53. The van der Waals surface area contributed by atoms with E-state index in [1.807, 2.05) is 30.3 Å². The quantitative estimate of drug-likeness (QED) is 0.800. The molecular weight excluding hydrogens is 218 g/mol. The van der Waals surface area contributed by atoms with Crippen molar-refractivity contribution in [3.63, 3.8) is 0 Å². The molecule has 0 aromatic heterocycles. The third-order valence-electron chi connectivity index (χ3n) is 2.81. The molecule has 0 bridgehead atoms. The molecule has 1 atom stereocenters. The topological polar surface area (TPSA) is 57.6 Å². The number of amides is 1. The number of aliphatic carboxylic acids is 1. The molecule has 1 aliphatic rings. The van der Waals surface area contributed by atoms with Gasteiger partial charge in [0.1, 0.15) is 6.04 Å². The molecular formula is C13H13NO3. The molecule has 1 amide bonds. The van der Waals surface area contributed by atoms with Gasteiger partial charge in [-0.3, -0.25) is 4.79 Å². The van der Waals surface area contributed by atoms with E-state index in [-0.39, 0.29) is 5.91 Å². The van der Waals surface area contributed by atoms with Gasteiger partial charge in [0.2, 0.25) is 5.91 Å². The number of benzene rings is 1. The number of carboxylic acid groups (broad SMARTS) is 1. The van der Waals surface area contributed by atoms with Crippen LogP contribution in [-0.2, 0) is 9.59 Å². The molecule has 0 saturated carbocycles. The van der Waals surface area contributed by atoms with E-state index in [9.17, 15) is 9.59 Å². The van der Waals surface area contributed by atoms with Gasteiger partial charge in [-0.15, -0.1) is 0 Å². The molecule has 1 N–H and O–H groups in total. The highest BCUT2D eigenvalue weighted by Gasteiger charge is 2.36. The highest BCUT2D eigenvalue weighted by atomic mass is 16.4. The van der Waals surface area contributed by atoms with Crippen LogP contribution in [0, 0.1) is 0 Å². The van der Waals surface area contributed by atoms with E-state index >= 15 is 0 Å². The van der Waals surface area contributed by atoms with Gasteiger partial charge in [0, 0.05) is 12.6 Å². The van der Waals surface area contributed by atoms with Crippen molar-refractivity contribution in [2.75, 3.05) is 6.54 Å². The molecule has 0 spiro atoms. The number of carbonyl (C=O) groups excluding carboxylic acids is 1. The van der Waals surface area contributed by atoms with E-state index in [4.69, 9.17) is 5.11 Å². The van der Waals surface area contributed by atoms with Crippen LogP contribution in [0.15, 0.2) is 36.4 Å². The van der Waals surface area contributed by atoms with Crippen LogP contribution in [0.5, 0.6) is 0 Å². The molecule has 0 aliphatic carbocycles. The molecule has 4 heteroatoms. The van der Waals surface area contributed by atoms with Crippen molar-refractivity contribution in [1.29, 1.82) is 0 Å². The average Bonchev–Trinajstić information content (AvgIpc) is 2.25. The van der Waals surface area contributed by atoms with Gasteiger partial charge >= 0.3 is 5.97 Å². The Hall–Kier alpha value is -2.10. The van der Waals surface area contributed by atoms with Crippen molar-refractivity contribution in [3.05, 3.63) is 42.0 Å². The van der Waals surface area contributed by atoms with Crippen LogP contribution in [0.2, 0.25) is 0 Å². The number of hydrogen-bond acceptors (Lipinski definition) is 2. The molecule has 1 aliphatic heterocycles. The largest absolute Gasteiger partial charge is 0.480 e. The van der Waals surface area contributed by atoms with Crippen LogP contribution in [-0.4, -0.2) is 34.5 Å². The predicted octanol–water partition coefficient (Wildman–Crippen LogP) is 1.39. The standard InChI is InChI=1S/C13H13NO3/c15-12(14-9-8-11(14)13(16)17)7-6-10-4-2-1-3-5-10/h1-7,11H,8-9H2,(H,16,17). The van der Waals surface area contributed by atoms with E-state index < -0.39 is 12.0 Å². The Morgan fingerprint density at radius 1 is 1.29 bits per heavy atom. The average molecular weight is 231 g/mol. The second kappa shape index (κ2) is 4.82. The first-order valence-corrected chi connectivity index (χ1v) is 5.45. The molecule has 1 aromatic carbocycles. The Kier molecular flexibility index (Phi) is 3.23. The Labute approximate surface area is 99.2 Å². The number of likely N-dealkylation sites (tertiary alicyclic amines) is 1. The summed E-state index contributed by atoms with van der Waals surface area (Å²) in [5.41, 5.74) is 0.924. The van der Waals surface area contributed by atoms with Gasteiger partial charge in [-0.2, -0.15) is 0 Å². The molecule has 1 aromatic rings. The van der Waals surface area contributed by atoms with Gasteiger partial charge in [0.05, 0.1) is 0 Å². The molecule has 1 heterocycles. The number of hydrogen-bond donors (Lipinski definition) is 1. The van der Waals surface area contributed by atoms with Crippen molar-refractivity contribution >= 4 is 18.0 Å². The smallest absolute Gasteiger partial charge is 0.326 e. The lowest BCUT2D eigenvalue weighted by atomic mass is 10.0. The van der Waals surface area contributed by atoms with Crippen LogP contribution in [0.4, 0.5) is 0 Å². The molecule has 0 radical (unpaired) electrons. The lowest BCUT2D eigenvalue weighted by Crippen LogP contribution is -2.54. The highest BCUT2D eigenvalue weighted by molar-refractivity contribution is 5.95. The zero-order chi connectivity index (χ0) is 12.3. The van der Waals surface area contributed by atoms with Gasteiger partial charge in [0.15, 0.2) is 0 Å². The first-order valence-electron chi connectivity index (χ1n) is 5.45. The van der Waals surface area contributed by atoms with E-state index in [1.54, 1.807) is 6.08 Å². The summed E-state index contributed by atoms with van der Waals surface area (Å²) in [7, 11) is 0. The zero-order valence-corrected chi connectivity index (χ0v) is 9.24. The minimum Gasteiger partial charge on any atom is -0.480 e. The number of carbonyl (C=O) groups is 2. The Balaban J connectivity index is 1.98. The third-order valence-corrected chi connectivity index (χ3v) is 2.81. The Bertz CT molecular complexity index is 453. The van der Waals surface area contributed by atoms with Gasteiger partial charge in [-0.05, 0) is 18.1 Å². The van der Waals surface area contributed by atoms with Gasteiger partial charge in [-0.1, -0.05) is 30.3 Å². The lowest BCUT2D eigenvalue weighted by molar-refractivity contribution is -0.154. The number of rotatable bonds is 3. The lowest BCUT2D eigenvalue weighted by Gasteiger charge is -2.37. The molecule has 1 fully saturated rings. The van der Waals surface area contributed by atoms with E-state index in [1.165, 1.54) is 11.0 Å². The van der Waals surface area contributed by atoms with Crippen LogP contribution in [0.1, 0.15) is 12.0 Å². The molecule has 4 nitrogen and oxygen atoms in total. The predicted molar refractivity (Wildman–Crippen MR) is 63.2 cm³/mol. The minimum absolute atomic E-state index is 0.243. The fourth-order valence-corrected chi connectivity index (χ4v) is 1.74. The van der Waals surface area contributed by atoms with Crippen LogP contribution in [0.25, 0.3) is 6.08 Å². The molecule has 17 heavy (non-hydrogen) atoms. The number of carboxylic acids is 1. The highest BCUT2D eigenvalue weighted by Crippen LogP contribution is 2.18. The fraction of sp³-hybridized carbons (Fsp3) is 0.231. The van der Waals surface area contributed by atoms with Crippen LogP contribution in [0.3, 0.4) is 0 Å². The Morgan fingerprint density at radius 3 is 2.53 bits per heavy atom. The van der Waals surface area contributed by atoms with Crippen molar-refractivity contribution < 1.29 is 14.7 Å². The Morgan fingerprint density at radius 2 is 2.00 bits per heavy atom. The summed E-state index contributed by atoms with van der Waals surface area (Å²) in [5, 5.41) is 8.82. The normalized spacial score (nSPS) is 19.1. The van der Waals surface area contributed by atoms with Crippen molar-refractivity contribution in [2.45, 2.75) is 12.5 Å². The van der Waals surface area contributed by atoms with E-state index in [2.05, 4.69) is 0 Å². The monoisotopic (exact) mass is 231 g/mol. The number of nitrogens with zero attached hydrogens (tertiary/aromatic N) is 1. The minimum atomic E-state index is -0.933. The van der Waals surface area contributed by atoms with E-state index in [0.29, 0.717) is 13.0 Å². The maximum absolute atomic E-state index is 11.7. The maximum atomic E-state index is 11.7. The fourth-order valence-electron chi connectivity index (χ4n) is 1.74. The molecule has 88 valence electrons. The molecule has 1 saturated heterocycles. The summed E-state index contributed by atoms with van der Waals surface area (Å²) in [6.45, 7) is 0.523. The van der Waals surface area contributed by atoms with Gasteiger partial charge < -0.3 is 10.0 Å². The molecule has 1 unspecified atom stereocenters. The first-order chi connectivity index (χ1) is 8.18. The molecule has 2 rings (SSSR count). The summed E-state index contributed by atoms with van der Waals surface area (Å²) in [5.74, 6) is -1.18. The van der Waals surface area contributed by atoms with Gasteiger partial charge in [-0.25, -0.2) is 4.79 Å². The SMILES string of the molecule is O=C(O)C1CCN1C(=O)C=Cc1ccccc1. The van der Waals surface area contributed by atoms with E-state index in [0.717, 1.165) is 5.56 Å². The summed E-state index contributed by atoms with van der Waals surface area (Å²) in [6.07, 6.45) is 3.66. The van der Waals surface area contributed by atoms with Crippen LogP contribution < -0.4 is 0 Å². The first kappa shape index (κ1) is 11.4. The van der Waals surface area contributed by atoms with Crippen molar-refractivity contribution in [1.82, 2.24) is 4.90 Å². The summed E-state index contributed by atoms with van der Waals surface area (Å²) >= 11 is 0. The van der Waals surface area contributed by atoms with Crippen molar-refractivity contribution in [2.24, 2.45) is 0 Å². The summed E-state index contributed by atoms with van der Waals surface area (Å²) in [6, 6.07) is 8.78. The summed E-state index contributed by atoms with van der Waals surface area (Å²) < 4.78 is 0.